The first-order valence-electron chi connectivity index (χ1n) is 9.44. The number of aliphatic hydroxyl groups is 1. The first-order chi connectivity index (χ1) is 10.2. The van der Waals surface area contributed by atoms with Crippen molar-refractivity contribution < 1.29 is 9.84 Å². The monoisotopic (exact) mass is 310 g/mol. The van der Waals surface area contributed by atoms with Gasteiger partial charge in [0, 0.05) is 7.11 Å². The summed E-state index contributed by atoms with van der Waals surface area (Å²) >= 11 is 0. The van der Waals surface area contributed by atoms with Crippen LogP contribution in [0.5, 0.6) is 0 Å². The molecule has 2 nitrogen and oxygen atoms in total. The smallest absolute Gasteiger partial charge is 0.0622 e. The van der Waals surface area contributed by atoms with E-state index in [2.05, 4.69) is 34.6 Å². The lowest BCUT2D eigenvalue weighted by molar-refractivity contribution is -0.0350. The minimum atomic E-state index is -0.0429. The van der Waals surface area contributed by atoms with Crippen LogP contribution in [0.15, 0.2) is 0 Å². The Balaban J connectivity index is 1.98. The average Bonchev–Trinajstić information content (AvgIpc) is 2.82. The second-order valence-corrected chi connectivity index (χ2v) is 9.09. The van der Waals surface area contributed by atoms with Gasteiger partial charge in [-0.25, -0.2) is 0 Å². The van der Waals surface area contributed by atoms with Crippen molar-refractivity contribution in [2.45, 2.75) is 91.3 Å². The van der Waals surface area contributed by atoms with Crippen molar-refractivity contribution in [3.63, 3.8) is 0 Å². The topological polar surface area (TPSA) is 29.5 Å². The number of hydrogen-bond donors (Lipinski definition) is 1. The zero-order chi connectivity index (χ0) is 16.5. The van der Waals surface area contributed by atoms with Gasteiger partial charge in [0.05, 0.1) is 11.7 Å². The Kier molecular flexibility index (Phi) is 5.65. The zero-order valence-corrected chi connectivity index (χ0v) is 15.7. The molecular weight excluding hydrogens is 272 g/mol. The third kappa shape index (κ3) is 3.53. The molecule has 2 aliphatic rings. The molecule has 0 aromatic carbocycles. The summed E-state index contributed by atoms with van der Waals surface area (Å²) in [5, 5.41) is 10.4. The van der Waals surface area contributed by atoms with Crippen molar-refractivity contribution in [1.82, 2.24) is 0 Å². The van der Waals surface area contributed by atoms with Crippen LogP contribution in [0.4, 0.5) is 0 Å². The van der Waals surface area contributed by atoms with E-state index in [0.29, 0.717) is 11.3 Å². The summed E-state index contributed by atoms with van der Waals surface area (Å²) in [5.74, 6) is 2.81. The van der Waals surface area contributed by atoms with Crippen LogP contribution in [0.3, 0.4) is 0 Å². The van der Waals surface area contributed by atoms with E-state index in [9.17, 15) is 5.11 Å². The van der Waals surface area contributed by atoms with Crippen LogP contribution < -0.4 is 0 Å². The Labute approximate surface area is 138 Å². The van der Waals surface area contributed by atoms with Crippen molar-refractivity contribution >= 4 is 0 Å². The van der Waals surface area contributed by atoms with E-state index in [1.807, 2.05) is 7.11 Å². The quantitative estimate of drug-likeness (QED) is 0.744. The van der Waals surface area contributed by atoms with Gasteiger partial charge in [0.2, 0.25) is 0 Å². The highest BCUT2D eigenvalue weighted by Crippen LogP contribution is 2.58. The van der Waals surface area contributed by atoms with Crippen LogP contribution in [0.25, 0.3) is 0 Å². The fraction of sp³-hybridized carbons (Fsp3) is 1.00. The molecule has 2 fully saturated rings. The zero-order valence-electron chi connectivity index (χ0n) is 15.7. The fourth-order valence-electron chi connectivity index (χ4n) is 5.39. The minimum absolute atomic E-state index is 0.00285. The predicted octanol–water partition coefficient (Wildman–Crippen LogP) is 5.04. The molecule has 0 spiro atoms. The third-order valence-corrected chi connectivity index (χ3v) is 7.45. The van der Waals surface area contributed by atoms with Crippen molar-refractivity contribution in [3.8, 4) is 0 Å². The van der Waals surface area contributed by atoms with Crippen LogP contribution in [-0.2, 0) is 4.74 Å². The summed E-state index contributed by atoms with van der Waals surface area (Å²) in [6.07, 6.45) is 8.44. The normalized spacial score (nSPS) is 38.6. The molecule has 0 amide bonds. The fourth-order valence-corrected chi connectivity index (χ4v) is 5.39. The highest BCUT2D eigenvalue weighted by atomic mass is 16.5. The van der Waals surface area contributed by atoms with Gasteiger partial charge in [-0.1, -0.05) is 27.2 Å². The largest absolute Gasteiger partial charge is 0.393 e. The molecule has 6 atom stereocenters. The van der Waals surface area contributed by atoms with Gasteiger partial charge in [-0.05, 0) is 81.5 Å². The number of ether oxygens (including phenoxy) is 1. The van der Waals surface area contributed by atoms with Gasteiger partial charge in [0.25, 0.3) is 0 Å². The average molecular weight is 311 g/mol. The summed E-state index contributed by atoms with van der Waals surface area (Å²) in [7, 11) is 1.82. The maximum Gasteiger partial charge on any atom is 0.0622 e. The van der Waals surface area contributed by atoms with Crippen LogP contribution in [0, 0.1) is 29.1 Å². The molecule has 0 aromatic heterocycles. The van der Waals surface area contributed by atoms with Gasteiger partial charge < -0.3 is 9.84 Å². The van der Waals surface area contributed by atoms with E-state index in [1.54, 1.807) is 0 Å². The molecule has 0 aromatic rings. The molecule has 2 aliphatic carbocycles. The molecule has 0 aliphatic heterocycles. The highest BCUT2D eigenvalue weighted by Gasteiger charge is 2.52. The Bertz CT molecular complexity index is 365. The maximum absolute atomic E-state index is 10.4. The van der Waals surface area contributed by atoms with Crippen molar-refractivity contribution in [1.29, 1.82) is 0 Å². The van der Waals surface area contributed by atoms with Crippen molar-refractivity contribution in [2.24, 2.45) is 29.1 Å². The Morgan fingerprint density at radius 3 is 2.55 bits per heavy atom. The van der Waals surface area contributed by atoms with Gasteiger partial charge in [-0.15, -0.1) is 0 Å². The Hall–Kier alpha value is -0.0800. The van der Waals surface area contributed by atoms with E-state index >= 15 is 0 Å². The molecule has 2 heteroatoms. The standard InChI is InChI=1S/C20H38O2/c1-14(11-13-19(3,4)22-6)15(2)16-9-10-17-18(21)8-7-12-20(16,17)5/h14-18,21H,7-13H2,1-6H3/t14-,15+,16?,17?,18?,20+/m0/s1. The third-order valence-electron chi connectivity index (χ3n) is 7.45. The molecule has 0 bridgehead atoms. The second-order valence-electron chi connectivity index (χ2n) is 9.09. The molecule has 0 radical (unpaired) electrons. The van der Waals surface area contributed by atoms with Crippen LogP contribution in [0.1, 0.15) is 79.6 Å². The summed E-state index contributed by atoms with van der Waals surface area (Å²) in [4.78, 5) is 0. The SMILES string of the molecule is COC(C)(C)CC[C@H](C)[C@@H](C)C1CCC2C(O)CCC[C@@]21C. The Morgan fingerprint density at radius 1 is 1.23 bits per heavy atom. The van der Waals surface area contributed by atoms with Crippen LogP contribution in [0.2, 0.25) is 0 Å². The lowest BCUT2D eigenvalue weighted by atomic mass is 9.60. The molecule has 130 valence electrons. The number of aliphatic hydroxyl groups excluding tert-OH is 1. The van der Waals surface area contributed by atoms with Crippen LogP contribution in [-0.4, -0.2) is 23.9 Å². The van der Waals surface area contributed by atoms with Gasteiger partial charge >= 0.3 is 0 Å². The lowest BCUT2D eigenvalue weighted by Crippen LogP contribution is -2.42. The second kappa shape index (κ2) is 6.81. The van der Waals surface area contributed by atoms with E-state index in [0.717, 1.165) is 30.6 Å². The molecule has 22 heavy (non-hydrogen) atoms. The molecule has 2 saturated carbocycles. The molecule has 2 rings (SSSR count). The molecule has 3 unspecified atom stereocenters. The summed E-state index contributed by atoms with van der Waals surface area (Å²) in [6, 6.07) is 0. The number of hydrogen-bond acceptors (Lipinski definition) is 2. The molecule has 0 heterocycles. The van der Waals surface area contributed by atoms with Gasteiger partial charge in [-0.3, -0.25) is 0 Å². The van der Waals surface area contributed by atoms with E-state index in [-0.39, 0.29) is 11.7 Å². The van der Waals surface area contributed by atoms with Crippen molar-refractivity contribution in [2.75, 3.05) is 7.11 Å². The summed E-state index contributed by atoms with van der Waals surface area (Å²) < 4.78 is 5.58. The highest BCUT2D eigenvalue weighted by molar-refractivity contribution is 5.02. The van der Waals surface area contributed by atoms with E-state index < -0.39 is 0 Å². The van der Waals surface area contributed by atoms with Gasteiger partial charge in [0.1, 0.15) is 0 Å². The first kappa shape index (κ1) is 18.3. The van der Waals surface area contributed by atoms with Gasteiger partial charge in [-0.2, -0.15) is 0 Å². The van der Waals surface area contributed by atoms with Gasteiger partial charge in [0.15, 0.2) is 0 Å². The summed E-state index contributed by atoms with van der Waals surface area (Å²) in [5.41, 5.74) is 0.374. The molecular formula is C20H38O2. The summed E-state index contributed by atoms with van der Waals surface area (Å²) in [6.45, 7) is 11.7. The Morgan fingerprint density at radius 2 is 1.91 bits per heavy atom. The predicted molar refractivity (Wildman–Crippen MR) is 92.8 cm³/mol. The lowest BCUT2D eigenvalue weighted by Gasteiger charge is -2.46. The minimum Gasteiger partial charge on any atom is -0.393 e. The van der Waals surface area contributed by atoms with Crippen molar-refractivity contribution in [3.05, 3.63) is 0 Å². The van der Waals surface area contributed by atoms with Crippen LogP contribution >= 0.6 is 0 Å². The first-order valence-corrected chi connectivity index (χ1v) is 9.44. The molecule has 0 saturated heterocycles. The number of rotatable bonds is 6. The van der Waals surface area contributed by atoms with E-state index in [1.165, 1.54) is 32.1 Å². The number of methoxy groups -OCH3 is 1. The molecule has 1 N–H and O–H groups in total. The number of fused-ring (bicyclic) bond motifs is 1. The maximum atomic E-state index is 10.4. The van der Waals surface area contributed by atoms with E-state index in [4.69, 9.17) is 4.74 Å².